The van der Waals surface area contributed by atoms with Gasteiger partial charge < -0.3 is 45.4 Å². The Balaban J connectivity index is 2.11. The number of ether oxygens (including phenoxy) is 2. The first-order valence-electron chi connectivity index (χ1n) is 8.45. The maximum atomic E-state index is 11.1. The first-order chi connectivity index (χ1) is 12.6. The van der Waals surface area contributed by atoms with Gasteiger partial charge in [0.25, 0.3) is 0 Å². The average molecular weight is 387 g/mol. The Bertz CT molecular complexity index is 653. The van der Waals surface area contributed by atoms with Gasteiger partial charge in [-0.3, -0.25) is 0 Å². The van der Waals surface area contributed by atoms with E-state index >= 15 is 0 Å². The van der Waals surface area contributed by atoms with E-state index in [9.17, 15) is 30.3 Å². The predicted molar refractivity (Wildman–Crippen MR) is 91.2 cm³/mol. The lowest BCUT2D eigenvalue weighted by Crippen LogP contribution is -2.61. The van der Waals surface area contributed by atoms with Crippen LogP contribution in [0.25, 0.3) is 0 Å². The molecule has 152 valence electrons. The molecule has 1 aliphatic heterocycles. The van der Waals surface area contributed by atoms with Crippen LogP contribution in [0.2, 0.25) is 0 Å². The Hall–Kier alpha value is -1.95. The Labute approximate surface area is 155 Å². The molecule has 1 heterocycles. The highest BCUT2D eigenvalue weighted by Crippen LogP contribution is 2.32. The number of nitrogens with one attached hydrogen (secondary N) is 1. The standard InChI is InChI=1S/C17H25NO9/c1-7(2)18-6-10(20)8-3-4-11(9(19)5-8)26-17-14(23)12(21)13(22)15(27-17)16(24)25/h3-5,7,10,12-15,17-23H,6H2,1-2H3,(H,24,25)/t10?,12-,13-,14?,15?,17+/m0/s1. The molecule has 0 bridgehead atoms. The maximum absolute atomic E-state index is 11.1. The van der Waals surface area contributed by atoms with Gasteiger partial charge in [-0.1, -0.05) is 19.9 Å². The van der Waals surface area contributed by atoms with Crippen molar-refractivity contribution >= 4 is 5.97 Å². The van der Waals surface area contributed by atoms with Crippen LogP contribution in [0.4, 0.5) is 0 Å². The van der Waals surface area contributed by atoms with E-state index in [1.807, 2.05) is 13.8 Å². The van der Waals surface area contributed by atoms with Crippen molar-refractivity contribution in [1.29, 1.82) is 0 Å². The highest BCUT2D eigenvalue weighted by atomic mass is 16.7. The van der Waals surface area contributed by atoms with Crippen LogP contribution in [0, 0.1) is 0 Å². The minimum atomic E-state index is -1.84. The highest BCUT2D eigenvalue weighted by Gasteiger charge is 2.48. The van der Waals surface area contributed by atoms with Crippen LogP contribution in [0.15, 0.2) is 18.2 Å². The smallest absolute Gasteiger partial charge is 0.335 e. The topological polar surface area (TPSA) is 169 Å². The molecule has 0 radical (unpaired) electrons. The molecule has 0 aliphatic carbocycles. The van der Waals surface area contributed by atoms with E-state index in [4.69, 9.17) is 14.6 Å². The highest BCUT2D eigenvalue weighted by molar-refractivity contribution is 5.73. The number of aliphatic hydroxyl groups excluding tert-OH is 4. The summed E-state index contributed by atoms with van der Waals surface area (Å²) in [5.74, 6) is -2.07. The molecule has 1 aromatic rings. The third kappa shape index (κ3) is 5.06. The second-order valence-electron chi connectivity index (χ2n) is 6.66. The second kappa shape index (κ2) is 8.83. The van der Waals surface area contributed by atoms with Gasteiger partial charge >= 0.3 is 5.97 Å². The number of carbonyl (C=O) groups is 1. The zero-order valence-corrected chi connectivity index (χ0v) is 14.9. The molecular weight excluding hydrogens is 362 g/mol. The molecule has 27 heavy (non-hydrogen) atoms. The van der Waals surface area contributed by atoms with Gasteiger partial charge in [0.15, 0.2) is 17.6 Å². The van der Waals surface area contributed by atoms with Gasteiger partial charge in [-0.25, -0.2) is 4.79 Å². The number of phenols is 1. The third-order valence-electron chi connectivity index (χ3n) is 4.14. The minimum Gasteiger partial charge on any atom is -0.504 e. The van der Waals surface area contributed by atoms with E-state index in [1.165, 1.54) is 18.2 Å². The van der Waals surface area contributed by atoms with Gasteiger partial charge in [0.2, 0.25) is 6.29 Å². The number of aliphatic carboxylic acids is 1. The second-order valence-corrected chi connectivity index (χ2v) is 6.66. The molecule has 10 nitrogen and oxygen atoms in total. The zero-order valence-electron chi connectivity index (χ0n) is 14.9. The van der Waals surface area contributed by atoms with Crippen molar-refractivity contribution in [1.82, 2.24) is 5.32 Å². The lowest BCUT2D eigenvalue weighted by atomic mass is 9.99. The average Bonchev–Trinajstić information content (AvgIpc) is 2.61. The lowest BCUT2D eigenvalue weighted by Gasteiger charge is -2.38. The maximum Gasteiger partial charge on any atom is 0.335 e. The molecule has 7 N–H and O–H groups in total. The number of aliphatic hydroxyl groups is 4. The molecule has 2 rings (SSSR count). The fourth-order valence-electron chi connectivity index (χ4n) is 2.58. The molecule has 0 amide bonds. The molecular formula is C17H25NO9. The Morgan fingerprint density at radius 1 is 1.22 bits per heavy atom. The summed E-state index contributed by atoms with van der Waals surface area (Å²) >= 11 is 0. The van der Waals surface area contributed by atoms with Gasteiger partial charge in [0.05, 0.1) is 6.10 Å². The molecule has 6 atom stereocenters. The molecule has 0 saturated carbocycles. The van der Waals surface area contributed by atoms with Crippen LogP contribution in [-0.4, -0.2) is 79.9 Å². The minimum absolute atomic E-state index is 0.153. The van der Waals surface area contributed by atoms with Crippen LogP contribution in [0.3, 0.4) is 0 Å². The van der Waals surface area contributed by atoms with Crippen molar-refractivity contribution in [3.05, 3.63) is 23.8 Å². The fraction of sp³-hybridized carbons (Fsp3) is 0.588. The Morgan fingerprint density at radius 3 is 2.44 bits per heavy atom. The van der Waals surface area contributed by atoms with Gasteiger partial charge in [0.1, 0.15) is 18.3 Å². The summed E-state index contributed by atoms with van der Waals surface area (Å²) in [4.78, 5) is 11.1. The number of hydrogen-bond donors (Lipinski definition) is 7. The summed E-state index contributed by atoms with van der Waals surface area (Å²) < 4.78 is 10.3. The number of carboxylic acids is 1. The number of phenolic OH excluding ortho intramolecular Hbond substituents is 1. The molecule has 1 aromatic carbocycles. The number of hydrogen-bond acceptors (Lipinski definition) is 9. The van der Waals surface area contributed by atoms with E-state index in [2.05, 4.69) is 5.32 Å². The molecule has 1 aliphatic rings. The van der Waals surface area contributed by atoms with E-state index in [0.717, 1.165) is 0 Å². The zero-order chi connectivity index (χ0) is 20.3. The first-order valence-corrected chi connectivity index (χ1v) is 8.45. The summed E-state index contributed by atoms with van der Waals surface area (Å²) in [7, 11) is 0. The van der Waals surface area contributed by atoms with Crippen molar-refractivity contribution in [3.63, 3.8) is 0 Å². The summed E-state index contributed by atoms with van der Waals surface area (Å²) in [6.07, 6.45) is -9.70. The van der Waals surface area contributed by atoms with E-state index < -0.39 is 42.8 Å². The van der Waals surface area contributed by atoms with E-state index in [1.54, 1.807) is 0 Å². The molecule has 0 aromatic heterocycles. The van der Waals surface area contributed by atoms with Crippen molar-refractivity contribution in [2.75, 3.05) is 6.54 Å². The number of rotatable bonds is 7. The van der Waals surface area contributed by atoms with Crippen LogP contribution in [0.5, 0.6) is 11.5 Å². The van der Waals surface area contributed by atoms with Crippen LogP contribution in [0.1, 0.15) is 25.5 Å². The molecule has 10 heteroatoms. The van der Waals surface area contributed by atoms with Gasteiger partial charge in [-0.15, -0.1) is 0 Å². The predicted octanol–water partition coefficient (Wildman–Crippen LogP) is -1.31. The monoisotopic (exact) mass is 387 g/mol. The van der Waals surface area contributed by atoms with Crippen LogP contribution in [-0.2, 0) is 9.53 Å². The van der Waals surface area contributed by atoms with Crippen molar-refractivity contribution in [2.45, 2.75) is 56.7 Å². The molecule has 1 fully saturated rings. The van der Waals surface area contributed by atoms with E-state index in [0.29, 0.717) is 5.56 Å². The van der Waals surface area contributed by atoms with Crippen molar-refractivity contribution in [2.24, 2.45) is 0 Å². The summed E-state index contributed by atoms with van der Waals surface area (Å²) in [5, 5.41) is 61.6. The summed E-state index contributed by atoms with van der Waals surface area (Å²) in [6.45, 7) is 4.12. The molecule has 1 saturated heterocycles. The summed E-state index contributed by atoms with van der Waals surface area (Å²) in [5.41, 5.74) is 0.414. The quantitative estimate of drug-likeness (QED) is 0.298. The molecule has 3 unspecified atom stereocenters. The fourth-order valence-corrected chi connectivity index (χ4v) is 2.58. The SMILES string of the molecule is CC(C)NCC(O)c1ccc(O[C@@H]2OC(C(=O)O)[C@@H](O)[C@H](O)C2O)c(O)c1. The normalized spacial score (nSPS) is 29.5. The largest absolute Gasteiger partial charge is 0.504 e. The summed E-state index contributed by atoms with van der Waals surface area (Å²) in [6, 6.07) is 4.23. The number of benzene rings is 1. The van der Waals surface area contributed by atoms with Crippen molar-refractivity contribution in [3.8, 4) is 11.5 Å². The first kappa shape index (κ1) is 21.4. The number of carboxylic acid groups (broad SMARTS) is 1. The number of aromatic hydroxyl groups is 1. The van der Waals surface area contributed by atoms with Crippen molar-refractivity contribution < 1.29 is 44.9 Å². The molecule has 0 spiro atoms. The van der Waals surface area contributed by atoms with Gasteiger partial charge in [-0.05, 0) is 17.7 Å². The van der Waals surface area contributed by atoms with Crippen LogP contribution >= 0.6 is 0 Å². The van der Waals surface area contributed by atoms with E-state index in [-0.39, 0.29) is 24.1 Å². The van der Waals surface area contributed by atoms with Gasteiger partial charge in [-0.2, -0.15) is 0 Å². The van der Waals surface area contributed by atoms with Gasteiger partial charge in [0, 0.05) is 12.6 Å². The third-order valence-corrected chi connectivity index (χ3v) is 4.14. The Kier molecular flexibility index (Phi) is 6.98. The Morgan fingerprint density at radius 2 is 1.89 bits per heavy atom. The lowest BCUT2D eigenvalue weighted by molar-refractivity contribution is -0.271. The van der Waals surface area contributed by atoms with Crippen LogP contribution < -0.4 is 10.1 Å².